The molecular weight excluding hydrogens is 265 g/mol. The van der Waals surface area contributed by atoms with Gasteiger partial charge < -0.3 is 9.64 Å². The second-order valence-corrected chi connectivity index (χ2v) is 5.23. The van der Waals surface area contributed by atoms with E-state index in [1.165, 1.54) is 19.2 Å². The number of hydrogen-bond acceptors (Lipinski definition) is 4. The lowest BCUT2D eigenvalue weighted by Gasteiger charge is -2.19. The molecule has 1 rings (SSSR count). The van der Waals surface area contributed by atoms with Crippen LogP contribution in [0.25, 0.3) is 0 Å². The first-order valence-electron chi connectivity index (χ1n) is 6.33. The molecule has 0 aromatic heterocycles. The van der Waals surface area contributed by atoms with Gasteiger partial charge in [-0.25, -0.2) is 4.39 Å². The molecule has 0 N–H and O–H groups in total. The molecule has 19 heavy (non-hydrogen) atoms. The molecule has 0 spiro atoms. The third kappa shape index (κ3) is 6.59. The van der Waals surface area contributed by atoms with Crippen LogP contribution in [0.15, 0.2) is 29.2 Å². The minimum Gasteiger partial charge on any atom is -0.469 e. The Hall–Kier alpha value is -1.07. The maximum atomic E-state index is 12.7. The van der Waals surface area contributed by atoms with Crippen LogP contribution >= 0.6 is 11.8 Å². The van der Waals surface area contributed by atoms with E-state index in [9.17, 15) is 9.18 Å². The van der Waals surface area contributed by atoms with E-state index in [0.717, 1.165) is 23.7 Å². The summed E-state index contributed by atoms with van der Waals surface area (Å²) in [5.41, 5.74) is 0. The minimum absolute atomic E-state index is 0.176. The summed E-state index contributed by atoms with van der Waals surface area (Å²) in [6.45, 7) is 4.59. The van der Waals surface area contributed by atoms with Crippen molar-refractivity contribution in [2.45, 2.75) is 18.2 Å². The fourth-order valence-electron chi connectivity index (χ4n) is 1.60. The number of esters is 1. The normalized spacial score (nSPS) is 10.7. The number of methoxy groups -OCH3 is 1. The number of hydrogen-bond donors (Lipinski definition) is 0. The van der Waals surface area contributed by atoms with E-state index in [0.29, 0.717) is 13.0 Å². The predicted molar refractivity (Wildman–Crippen MR) is 75.9 cm³/mol. The van der Waals surface area contributed by atoms with Crippen molar-refractivity contribution < 1.29 is 13.9 Å². The van der Waals surface area contributed by atoms with Crippen molar-refractivity contribution in [2.75, 3.05) is 32.5 Å². The van der Waals surface area contributed by atoms with E-state index >= 15 is 0 Å². The molecule has 106 valence electrons. The highest BCUT2D eigenvalue weighted by Gasteiger charge is 2.06. The van der Waals surface area contributed by atoms with Crippen molar-refractivity contribution in [1.29, 1.82) is 0 Å². The van der Waals surface area contributed by atoms with Crippen LogP contribution < -0.4 is 0 Å². The van der Waals surface area contributed by atoms with Crippen LogP contribution in [-0.2, 0) is 9.53 Å². The molecule has 0 atom stereocenters. The zero-order valence-corrected chi connectivity index (χ0v) is 12.2. The van der Waals surface area contributed by atoms with Crippen LogP contribution in [0, 0.1) is 5.82 Å². The van der Waals surface area contributed by atoms with E-state index < -0.39 is 0 Å². The second kappa shape index (κ2) is 8.93. The van der Waals surface area contributed by atoms with Crippen LogP contribution in [0.4, 0.5) is 4.39 Å². The number of halogens is 1. The molecular formula is C14H20FNO2S. The Balaban J connectivity index is 2.25. The van der Waals surface area contributed by atoms with Gasteiger partial charge in [0.1, 0.15) is 5.82 Å². The Kier molecular flexibility index (Phi) is 7.52. The van der Waals surface area contributed by atoms with E-state index in [-0.39, 0.29) is 11.8 Å². The highest BCUT2D eigenvalue weighted by Crippen LogP contribution is 2.18. The van der Waals surface area contributed by atoms with Crippen LogP contribution in [0.3, 0.4) is 0 Å². The quantitative estimate of drug-likeness (QED) is 0.542. The lowest BCUT2D eigenvalue weighted by atomic mass is 10.3. The van der Waals surface area contributed by atoms with Gasteiger partial charge >= 0.3 is 5.97 Å². The molecule has 0 bridgehead atoms. The minimum atomic E-state index is -0.211. The Morgan fingerprint density at radius 3 is 2.58 bits per heavy atom. The van der Waals surface area contributed by atoms with Gasteiger partial charge in [0.25, 0.3) is 0 Å². The molecule has 0 aliphatic rings. The SMILES string of the molecule is CCN(CCSc1ccc(F)cc1)CCC(=O)OC. The standard InChI is InChI=1S/C14H20FNO2S/c1-3-16(9-8-14(17)18-2)10-11-19-13-6-4-12(15)5-7-13/h4-7H,3,8-11H2,1-2H3. The molecule has 0 fully saturated rings. The van der Waals surface area contributed by atoms with Gasteiger partial charge in [0.2, 0.25) is 0 Å². The molecule has 0 amide bonds. The zero-order valence-electron chi connectivity index (χ0n) is 11.4. The smallest absolute Gasteiger partial charge is 0.306 e. The highest BCUT2D eigenvalue weighted by atomic mass is 32.2. The molecule has 0 unspecified atom stereocenters. The van der Waals surface area contributed by atoms with Gasteiger partial charge in [-0.05, 0) is 30.8 Å². The van der Waals surface area contributed by atoms with Gasteiger partial charge in [-0.1, -0.05) is 6.92 Å². The fourth-order valence-corrected chi connectivity index (χ4v) is 2.52. The van der Waals surface area contributed by atoms with Gasteiger partial charge in [0.15, 0.2) is 0 Å². The third-order valence-corrected chi connectivity index (χ3v) is 3.79. The van der Waals surface area contributed by atoms with Crippen molar-refractivity contribution in [2.24, 2.45) is 0 Å². The second-order valence-electron chi connectivity index (χ2n) is 4.06. The van der Waals surface area contributed by atoms with Crippen molar-refractivity contribution in [3.8, 4) is 0 Å². The molecule has 0 heterocycles. The van der Waals surface area contributed by atoms with Gasteiger partial charge in [0, 0.05) is 23.7 Å². The van der Waals surface area contributed by atoms with Crippen LogP contribution in [0.1, 0.15) is 13.3 Å². The largest absolute Gasteiger partial charge is 0.469 e. The average molecular weight is 285 g/mol. The van der Waals surface area contributed by atoms with Crippen LogP contribution in [-0.4, -0.2) is 43.4 Å². The average Bonchev–Trinajstić information content (AvgIpc) is 2.44. The van der Waals surface area contributed by atoms with Crippen LogP contribution in [0.5, 0.6) is 0 Å². The summed E-state index contributed by atoms with van der Waals surface area (Å²) in [6.07, 6.45) is 0.422. The summed E-state index contributed by atoms with van der Waals surface area (Å²) in [6, 6.07) is 6.50. The van der Waals surface area contributed by atoms with Crippen molar-refractivity contribution in [3.05, 3.63) is 30.1 Å². The van der Waals surface area contributed by atoms with Crippen molar-refractivity contribution >= 4 is 17.7 Å². The summed E-state index contributed by atoms with van der Waals surface area (Å²) in [5, 5.41) is 0. The number of ether oxygens (including phenoxy) is 1. The Labute approximate surface area is 118 Å². The summed E-state index contributed by atoms with van der Waals surface area (Å²) in [5.74, 6) is 0.531. The van der Waals surface area contributed by atoms with Gasteiger partial charge in [-0.3, -0.25) is 4.79 Å². The maximum Gasteiger partial charge on any atom is 0.306 e. The summed E-state index contributed by atoms with van der Waals surface area (Å²) in [7, 11) is 1.41. The fraction of sp³-hybridized carbons (Fsp3) is 0.500. The summed E-state index contributed by atoms with van der Waals surface area (Å²) in [4.78, 5) is 14.3. The molecule has 5 heteroatoms. The first kappa shape index (κ1) is 16.0. The highest BCUT2D eigenvalue weighted by molar-refractivity contribution is 7.99. The molecule has 1 aromatic rings. The molecule has 0 aliphatic carbocycles. The van der Waals surface area contributed by atoms with E-state index in [1.807, 2.05) is 0 Å². The third-order valence-electron chi connectivity index (χ3n) is 2.80. The van der Waals surface area contributed by atoms with Crippen molar-refractivity contribution in [1.82, 2.24) is 4.90 Å². The lowest BCUT2D eigenvalue weighted by molar-refractivity contribution is -0.140. The van der Waals surface area contributed by atoms with Gasteiger partial charge in [-0.2, -0.15) is 0 Å². The summed E-state index contributed by atoms with van der Waals surface area (Å²) < 4.78 is 17.4. The number of carbonyl (C=O) groups excluding carboxylic acids is 1. The molecule has 0 saturated heterocycles. The number of rotatable bonds is 8. The Morgan fingerprint density at radius 2 is 2.00 bits per heavy atom. The Bertz CT molecular complexity index is 384. The number of benzene rings is 1. The van der Waals surface area contributed by atoms with E-state index in [4.69, 9.17) is 0 Å². The molecule has 0 aliphatic heterocycles. The molecule has 0 saturated carbocycles. The number of nitrogens with zero attached hydrogens (tertiary/aromatic N) is 1. The molecule has 0 radical (unpaired) electrons. The number of carbonyl (C=O) groups is 1. The number of thioether (sulfide) groups is 1. The van der Waals surface area contributed by atoms with Crippen molar-refractivity contribution in [3.63, 3.8) is 0 Å². The molecule has 3 nitrogen and oxygen atoms in total. The monoisotopic (exact) mass is 285 g/mol. The zero-order chi connectivity index (χ0) is 14.1. The first-order valence-corrected chi connectivity index (χ1v) is 7.31. The van der Waals surface area contributed by atoms with E-state index in [1.54, 1.807) is 23.9 Å². The van der Waals surface area contributed by atoms with Crippen LogP contribution in [0.2, 0.25) is 0 Å². The predicted octanol–water partition coefficient (Wildman–Crippen LogP) is 2.80. The topological polar surface area (TPSA) is 29.5 Å². The lowest BCUT2D eigenvalue weighted by Crippen LogP contribution is -2.28. The summed E-state index contributed by atoms with van der Waals surface area (Å²) >= 11 is 1.69. The Morgan fingerprint density at radius 1 is 1.32 bits per heavy atom. The van der Waals surface area contributed by atoms with Gasteiger partial charge in [0.05, 0.1) is 13.5 Å². The molecule has 1 aromatic carbocycles. The van der Waals surface area contributed by atoms with Gasteiger partial charge in [-0.15, -0.1) is 11.8 Å². The maximum absolute atomic E-state index is 12.7. The van der Waals surface area contributed by atoms with E-state index in [2.05, 4.69) is 16.6 Å². The first-order chi connectivity index (χ1) is 9.15.